The van der Waals surface area contributed by atoms with E-state index in [1.54, 1.807) is 0 Å². The van der Waals surface area contributed by atoms with E-state index in [4.69, 9.17) is 4.74 Å². The van der Waals surface area contributed by atoms with Gasteiger partial charge in [-0.3, -0.25) is 4.79 Å². The zero-order valence-electron chi connectivity index (χ0n) is 14.6. The summed E-state index contributed by atoms with van der Waals surface area (Å²) >= 11 is 0. The maximum absolute atomic E-state index is 11.6. The van der Waals surface area contributed by atoms with Gasteiger partial charge in [0.05, 0.1) is 6.26 Å². The van der Waals surface area contributed by atoms with Crippen LogP contribution in [0.3, 0.4) is 0 Å². The normalized spacial score (nSPS) is 17.6. The molecule has 1 N–H and O–H groups in total. The Morgan fingerprint density at radius 2 is 1.70 bits per heavy atom. The second kappa shape index (κ2) is 13.1. The van der Waals surface area contributed by atoms with E-state index in [0.717, 1.165) is 12.8 Å². The summed E-state index contributed by atoms with van der Waals surface area (Å²) in [7, 11) is 0. The molecule has 1 saturated heterocycles. The molecule has 1 aliphatic heterocycles. The second-order valence-electron chi connectivity index (χ2n) is 6.44. The highest BCUT2D eigenvalue weighted by molar-refractivity contribution is 5.88. The lowest BCUT2D eigenvalue weighted by Crippen LogP contribution is -2.33. The summed E-state index contributed by atoms with van der Waals surface area (Å²) in [4.78, 5) is 22.6. The van der Waals surface area contributed by atoms with Crippen LogP contribution in [0.4, 0.5) is 0 Å². The standard InChI is InChI=1S/C19H33NO3/c1-2-3-4-5-6-7-8-9-10-11-12-13-16-23-19(22)17-14-15-18(21)20-17/h13,16-17H,2-12,14-15H2,1H3,(H,20,21)/b16-13+/t17-/m0/s1. The lowest BCUT2D eigenvalue weighted by atomic mass is 10.1. The molecule has 132 valence electrons. The van der Waals surface area contributed by atoms with Gasteiger partial charge in [0.15, 0.2) is 0 Å². The first-order chi connectivity index (χ1) is 11.2. The molecule has 1 rings (SSSR count). The number of ether oxygens (including phenoxy) is 1. The Labute approximate surface area is 141 Å². The molecule has 0 aliphatic carbocycles. The predicted octanol–water partition coefficient (Wildman–Crippen LogP) is 4.63. The number of unbranched alkanes of at least 4 members (excludes halogenated alkanes) is 10. The largest absolute Gasteiger partial charge is 0.433 e. The third kappa shape index (κ3) is 10.1. The lowest BCUT2D eigenvalue weighted by molar-refractivity contribution is -0.141. The van der Waals surface area contributed by atoms with Gasteiger partial charge in [-0.2, -0.15) is 0 Å². The Kier molecular flexibility index (Phi) is 11.3. The molecule has 1 atom stereocenters. The summed E-state index contributed by atoms with van der Waals surface area (Å²) in [6.45, 7) is 2.25. The second-order valence-corrected chi connectivity index (χ2v) is 6.44. The number of nitrogens with one attached hydrogen (secondary N) is 1. The zero-order chi connectivity index (χ0) is 16.8. The number of allylic oxidation sites excluding steroid dienone is 1. The minimum absolute atomic E-state index is 0.0682. The van der Waals surface area contributed by atoms with Gasteiger partial charge in [0.2, 0.25) is 5.91 Å². The van der Waals surface area contributed by atoms with Crippen LogP contribution in [-0.2, 0) is 14.3 Å². The summed E-state index contributed by atoms with van der Waals surface area (Å²) in [5.41, 5.74) is 0. The molecule has 4 heteroatoms. The summed E-state index contributed by atoms with van der Waals surface area (Å²) in [6.07, 6.45) is 18.5. The maximum Gasteiger partial charge on any atom is 0.333 e. The molecule has 0 aromatic heterocycles. The Balaban J connectivity index is 1.85. The van der Waals surface area contributed by atoms with Crippen molar-refractivity contribution >= 4 is 11.9 Å². The molecule has 0 saturated carbocycles. The molecule has 0 aromatic rings. The molecule has 1 fully saturated rings. The van der Waals surface area contributed by atoms with Crippen LogP contribution in [0.15, 0.2) is 12.3 Å². The average molecular weight is 323 g/mol. The quantitative estimate of drug-likeness (QED) is 0.305. The van der Waals surface area contributed by atoms with Crippen molar-refractivity contribution in [1.29, 1.82) is 0 Å². The van der Waals surface area contributed by atoms with Crippen molar-refractivity contribution in [3.63, 3.8) is 0 Å². The number of carbonyl (C=O) groups is 2. The number of hydrogen-bond acceptors (Lipinski definition) is 3. The summed E-state index contributed by atoms with van der Waals surface area (Å²) in [5.74, 6) is -0.420. The van der Waals surface area contributed by atoms with Crippen LogP contribution in [0.2, 0.25) is 0 Å². The minimum atomic E-state index is -0.454. The summed E-state index contributed by atoms with van der Waals surface area (Å²) < 4.78 is 5.03. The van der Waals surface area contributed by atoms with Gasteiger partial charge < -0.3 is 10.1 Å². The third-order valence-corrected chi connectivity index (χ3v) is 4.28. The highest BCUT2D eigenvalue weighted by Gasteiger charge is 2.27. The van der Waals surface area contributed by atoms with E-state index in [9.17, 15) is 9.59 Å². The smallest absolute Gasteiger partial charge is 0.333 e. The van der Waals surface area contributed by atoms with Gasteiger partial charge in [0.25, 0.3) is 0 Å². The Morgan fingerprint density at radius 3 is 2.26 bits per heavy atom. The zero-order valence-corrected chi connectivity index (χ0v) is 14.6. The van der Waals surface area contributed by atoms with Crippen molar-refractivity contribution in [2.24, 2.45) is 0 Å². The number of amides is 1. The minimum Gasteiger partial charge on any atom is -0.433 e. The Hall–Kier alpha value is -1.32. The third-order valence-electron chi connectivity index (χ3n) is 4.28. The van der Waals surface area contributed by atoms with Gasteiger partial charge >= 0.3 is 5.97 Å². The molecule has 0 radical (unpaired) electrons. The monoisotopic (exact) mass is 323 g/mol. The predicted molar refractivity (Wildman–Crippen MR) is 92.9 cm³/mol. The first-order valence-corrected chi connectivity index (χ1v) is 9.39. The van der Waals surface area contributed by atoms with Gasteiger partial charge in [-0.25, -0.2) is 4.79 Å². The molecule has 1 heterocycles. The molecule has 0 unspecified atom stereocenters. The van der Waals surface area contributed by atoms with Crippen molar-refractivity contribution in [3.05, 3.63) is 12.3 Å². The molecule has 0 aromatic carbocycles. The molecule has 1 amide bonds. The summed E-state index contributed by atoms with van der Waals surface area (Å²) in [6, 6.07) is -0.454. The molecule has 0 bridgehead atoms. The van der Waals surface area contributed by atoms with Crippen molar-refractivity contribution < 1.29 is 14.3 Å². The first-order valence-electron chi connectivity index (χ1n) is 9.39. The van der Waals surface area contributed by atoms with E-state index >= 15 is 0 Å². The van der Waals surface area contributed by atoms with Crippen LogP contribution in [-0.4, -0.2) is 17.9 Å². The van der Waals surface area contributed by atoms with E-state index in [1.807, 2.05) is 6.08 Å². The van der Waals surface area contributed by atoms with Crippen molar-refractivity contribution in [3.8, 4) is 0 Å². The van der Waals surface area contributed by atoms with Crippen LogP contribution in [0.5, 0.6) is 0 Å². The van der Waals surface area contributed by atoms with Crippen LogP contribution in [0.1, 0.15) is 90.4 Å². The van der Waals surface area contributed by atoms with Crippen LogP contribution in [0, 0.1) is 0 Å². The average Bonchev–Trinajstić information content (AvgIpc) is 2.98. The fraction of sp³-hybridized carbons (Fsp3) is 0.789. The van der Waals surface area contributed by atoms with E-state index in [2.05, 4.69) is 12.2 Å². The molecular weight excluding hydrogens is 290 g/mol. The fourth-order valence-corrected chi connectivity index (χ4v) is 2.81. The van der Waals surface area contributed by atoms with E-state index in [0.29, 0.717) is 12.8 Å². The van der Waals surface area contributed by atoms with Gasteiger partial charge in [-0.15, -0.1) is 0 Å². The summed E-state index contributed by atoms with van der Waals surface area (Å²) in [5, 5.41) is 2.60. The lowest BCUT2D eigenvalue weighted by Gasteiger charge is -2.06. The van der Waals surface area contributed by atoms with Gasteiger partial charge in [0.1, 0.15) is 6.04 Å². The first kappa shape index (κ1) is 19.7. The van der Waals surface area contributed by atoms with Crippen molar-refractivity contribution in [1.82, 2.24) is 5.32 Å². The highest BCUT2D eigenvalue weighted by Crippen LogP contribution is 2.12. The van der Waals surface area contributed by atoms with Crippen LogP contribution < -0.4 is 5.32 Å². The molecule has 0 spiro atoms. The Bertz CT molecular complexity index is 366. The van der Waals surface area contributed by atoms with E-state index in [1.165, 1.54) is 64.0 Å². The van der Waals surface area contributed by atoms with Crippen molar-refractivity contribution in [2.75, 3.05) is 0 Å². The Morgan fingerprint density at radius 1 is 1.09 bits per heavy atom. The molecular formula is C19H33NO3. The SMILES string of the molecule is CCCCCCCCCCCC/C=C/OC(=O)[C@@H]1CCC(=O)N1. The highest BCUT2D eigenvalue weighted by atomic mass is 16.5. The van der Waals surface area contributed by atoms with E-state index in [-0.39, 0.29) is 11.9 Å². The van der Waals surface area contributed by atoms with Gasteiger partial charge in [-0.05, 0) is 25.3 Å². The maximum atomic E-state index is 11.6. The molecule has 23 heavy (non-hydrogen) atoms. The van der Waals surface area contributed by atoms with E-state index < -0.39 is 6.04 Å². The number of rotatable bonds is 13. The van der Waals surface area contributed by atoms with Gasteiger partial charge in [0, 0.05) is 6.42 Å². The van der Waals surface area contributed by atoms with Gasteiger partial charge in [-0.1, -0.05) is 64.7 Å². The fourth-order valence-electron chi connectivity index (χ4n) is 2.81. The number of hydrogen-bond donors (Lipinski definition) is 1. The molecule has 1 aliphatic rings. The van der Waals surface area contributed by atoms with Crippen LogP contribution in [0.25, 0.3) is 0 Å². The topological polar surface area (TPSA) is 55.4 Å². The van der Waals surface area contributed by atoms with Crippen molar-refractivity contribution in [2.45, 2.75) is 96.4 Å². The molecule has 4 nitrogen and oxygen atoms in total. The number of esters is 1. The number of carbonyl (C=O) groups excluding carboxylic acids is 2. The van der Waals surface area contributed by atoms with Crippen LogP contribution >= 0.6 is 0 Å².